The van der Waals surface area contributed by atoms with Crippen molar-refractivity contribution in [2.45, 2.75) is 45.6 Å². The van der Waals surface area contributed by atoms with Gasteiger partial charge in [0.15, 0.2) is 0 Å². The third kappa shape index (κ3) is 4.51. The number of carbonyl (C=O) groups excluding carboxylic acids is 1. The van der Waals surface area contributed by atoms with Crippen LogP contribution in [0.2, 0.25) is 0 Å². The van der Waals surface area contributed by atoms with E-state index in [1.807, 2.05) is 6.92 Å². The number of oxime groups is 1. The first-order valence-electron chi connectivity index (χ1n) is 9.69. The molecule has 0 N–H and O–H groups in total. The minimum Gasteiger partial charge on any atom is -0.466 e. The topological polar surface area (TPSA) is 51.1 Å². The van der Waals surface area contributed by atoms with Gasteiger partial charge in [0.1, 0.15) is 6.10 Å². The molecular weight excluding hydrogens is 340 g/mol. The molecule has 1 fully saturated rings. The van der Waals surface area contributed by atoms with Crippen LogP contribution < -0.4 is 0 Å². The predicted octanol–water partition coefficient (Wildman–Crippen LogP) is 3.16. The molecule has 2 aliphatic heterocycles. The standard InChI is InChI=1S/C22H28N2O3/c1-4-12-24-13-6-11-22(16-24,21(25)26-5-2)15-19-14-20(23-27-19)18-9-7-17(3)8-10-18/h1,7-10,19H,5-6,11-16H2,2-3H3/t19-,22-/m1/s1. The first-order chi connectivity index (χ1) is 13.1. The van der Waals surface area contributed by atoms with Gasteiger partial charge in [-0.1, -0.05) is 40.9 Å². The minimum absolute atomic E-state index is 0.114. The van der Waals surface area contributed by atoms with Gasteiger partial charge in [0.05, 0.1) is 24.3 Å². The summed E-state index contributed by atoms with van der Waals surface area (Å²) in [5, 5.41) is 4.29. The Morgan fingerprint density at radius 2 is 2.22 bits per heavy atom. The molecule has 1 aromatic rings. The van der Waals surface area contributed by atoms with Crippen molar-refractivity contribution in [2.24, 2.45) is 10.6 Å². The van der Waals surface area contributed by atoms with Crippen LogP contribution in [0.4, 0.5) is 0 Å². The molecule has 2 atom stereocenters. The maximum absolute atomic E-state index is 12.9. The molecule has 0 aromatic heterocycles. The summed E-state index contributed by atoms with van der Waals surface area (Å²) in [7, 11) is 0. The fraction of sp³-hybridized carbons (Fsp3) is 0.545. The Morgan fingerprint density at radius 1 is 1.44 bits per heavy atom. The number of rotatable bonds is 6. The maximum atomic E-state index is 12.9. The number of esters is 1. The largest absolute Gasteiger partial charge is 0.466 e. The highest BCUT2D eigenvalue weighted by Gasteiger charge is 2.46. The zero-order chi connectivity index (χ0) is 19.3. The molecule has 144 valence electrons. The van der Waals surface area contributed by atoms with Crippen LogP contribution in [-0.4, -0.2) is 48.9 Å². The van der Waals surface area contributed by atoms with E-state index in [-0.39, 0.29) is 12.1 Å². The lowest BCUT2D eigenvalue weighted by Crippen LogP contribution is -2.50. The lowest BCUT2D eigenvalue weighted by atomic mass is 9.74. The summed E-state index contributed by atoms with van der Waals surface area (Å²) in [6, 6.07) is 8.28. The number of hydrogen-bond acceptors (Lipinski definition) is 5. The average Bonchev–Trinajstić information content (AvgIpc) is 3.11. The average molecular weight is 368 g/mol. The van der Waals surface area contributed by atoms with Crippen LogP contribution in [0, 0.1) is 24.7 Å². The molecule has 0 saturated carbocycles. The quantitative estimate of drug-likeness (QED) is 0.572. The van der Waals surface area contributed by atoms with Crippen molar-refractivity contribution in [3.63, 3.8) is 0 Å². The third-order valence-corrected chi connectivity index (χ3v) is 5.42. The monoisotopic (exact) mass is 368 g/mol. The van der Waals surface area contributed by atoms with Crippen molar-refractivity contribution in [1.29, 1.82) is 0 Å². The Morgan fingerprint density at radius 3 is 2.93 bits per heavy atom. The molecule has 2 heterocycles. The lowest BCUT2D eigenvalue weighted by molar-refractivity contribution is -0.162. The molecule has 0 amide bonds. The van der Waals surface area contributed by atoms with E-state index in [2.05, 4.69) is 47.2 Å². The van der Waals surface area contributed by atoms with Gasteiger partial charge in [-0.25, -0.2) is 0 Å². The summed E-state index contributed by atoms with van der Waals surface area (Å²) in [5.74, 6) is 2.55. The number of nitrogens with zero attached hydrogens (tertiary/aromatic N) is 2. The number of piperidine rings is 1. The van der Waals surface area contributed by atoms with E-state index < -0.39 is 5.41 Å². The van der Waals surface area contributed by atoms with Gasteiger partial charge in [-0.2, -0.15) is 0 Å². The Labute approximate surface area is 161 Å². The number of terminal acetylenes is 1. The predicted molar refractivity (Wildman–Crippen MR) is 105 cm³/mol. The maximum Gasteiger partial charge on any atom is 0.313 e. The Bertz CT molecular complexity index is 735. The van der Waals surface area contributed by atoms with Crippen LogP contribution in [0.3, 0.4) is 0 Å². The molecule has 1 saturated heterocycles. The molecule has 5 heteroatoms. The van der Waals surface area contributed by atoms with Crippen LogP contribution in [0.5, 0.6) is 0 Å². The van der Waals surface area contributed by atoms with Crippen molar-refractivity contribution in [3.05, 3.63) is 35.4 Å². The second-order valence-corrected chi connectivity index (χ2v) is 7.56. The van der Waals surface area contributed by atoms with Gasteiger partial charge in [0.2, 0.25) is 0 Å². The third-order valence-electron chi connectivity index (χ3n) is 5.42. The van der Waals surface area contributed by atoms with Crippen LogP contribution in [0.15, 0.2) is 29.4 Å². The molecule has 0 bridgehead atoms. The summed E-state index contributed by atoms with van der Waals surface area (Å²) in [4.78, 5) is 20.7. The Kier molecular flexibility index (Phi) is 6.18. The van der Waals surface area contributed by atoms with Crippen molar-refractivity contribution >= 4 is 11.7 Å². The second kappa shape index (κ2) is 8.58. The number of carbonyl (C=O) groups is 1. The summed E-state index contributed by atoms with van der Waals surface area (Å²) in [6.07, 6.45) is 8.41. The van der Waals surface area contributed by atoms with Crippen LogP contribution >= 0.6 is 0 Å². The number of aryl methyl sites for hydroxylation is 1. The highest BCUT2D eigenvalue weighted by atomic mass is 16.6. The van der Waals surface area contributed by atoms with E-state index in [1.165, 1.54) is 5.56 Å². The van der Waals surface area contributed by atoms with Gasteiger partial charge in [-0.05, 0) is 38.8 Å². The zero-order valence-corrected chi connectivity index (χ0v) is 16.2. The first-order valence-corrected chi connectivity index (χ1v) is 9.69. The minimum atomic E-state index is -0.575. The molecule has 3 rings (SSSR count). The highest BCUT2D eigenvalue weighted by molar-refractivity contribution is 6.01. The Balaban J connectivity index is 1.71. The second-order valence-electron chi connectivity index (χ2n) is 7.56. The van der Waals surface area contributed by atoms with Gasteiger partial charge >= 0.3 is 5.97 Å². The van der Waals surface area contributed by atoms with Crippen molar-refractivity contribution in [3.8, 4) is 12.3 Å². The molecule has 0 aliphatic carbocycles. The molecule has 1 aromatic carbocycles. The number of ether oxygens (including phenoxy) is 1. The smallest absolute Gasteiger partial charge is 0.313 e. The molecule has 27 heavy (non-hydrogen) atoms. The zero-order valence-electron chi connectivity index (χ0n) is 16.2. The number of benzene rings is 1. The van der Waals surface area contributed by atoms with Crippen molar-refractivity contribution < 1.29 is 14.4 Å². The van der Waals surface area contributed by atoms with E-state index >= 15 is 0 Å². The highest BCUT2D eigenvalue weighted by Crippen LogP contribution is 2.38. The van der Waals surface area contributed by atoms with Crippen LogP contribution in [0.25, 0.3) is 0 Å². The Hall–Kier alpha value is -2.32. The van der Waals surface area contributed by atoms with Gasteiger partial charge in [0.25, 0.3) is 0 Å². The van der Waals surface area contributed by atoms with E-state index in [0.717, 1.165) is 30.7 Å². The fourth-order valence-electron chi connectivity index (χ4n) is 4.08. The van der Waals surface area contributed by atoms with E-state index in [0.29, 0.717) is 32.5 Å². The van der Waals surface area contributed by atoms with Gasteiger partial charge in [0, 0.05) is 19.4 Å². The van der Waals surface area contributed by atoms with Crippen molar-refractivity contribution in [2.75, 3.05) is 26.2 Å². The van der Waals surface area contributed by atoms with Gasteiger partial charge in [-0.3, -0.25) is 9.69 Å². The summed E-state index contributed by atoms with van der Waals surface area (Å²) in [5.41, 5.74) is 2.65. The van der Waals surface area contributed by atoms with Crippen molar-refractivity contribution in [1.82, 2.24) is 4.90 Å². The first kappa shape index (κ1) is 19.4. The van der Waals surface area contributed by atoms with Gasteiger partial charge in [-0.15, -0.1) is 6.42 Å². The van der Waals surface area contributed by atoms with E-state index in [1.54, 1.807) is 0 Å². The van der Waals surface area contributed by atoms with Crippen LogP contribution in [0.1, 0.15) is 43.7 Å². The summed E-state index contributed by atoms with van der Waals surface area (Å²) < 4.78 is 5.44. The number of likely N-dealkylation sites (tertiary alicyclic amines) is 1. The lowest BCUT2D eigenvalue weighted by Gasteiger charge is -2.41. The molecule has 0 unspecified atom stereocenters. The fourth-order valence-corrected chi connectivity index (χ4v) is 4.08. The molecule has 0 spiro atoms. The van der Waals surface area contributed by atoms with Crippen LogP contribution in [-0.2, 0) is 14.4 Å². The summed E-state index contributed by atoms with van der Waals surface area (Å²) in [6.45, 7) is 6.38. The molecular formula is C22H28N2O3. The normalized spacial score (nSPS) is 25.4. The molecule has 0 radical (unpaired) electrons. The SMILES string of the molecule is C#CCN1CCC[C@](C[C@H]2CC(c3ccc(C)cc3)=NO2)(C(=O)OCC)C1. The van der Waals surface area contributed by atoms with Gasteiger partial charge < -0.3 is 9.57 Å². The van der Waals surface area contributed by atoms with E-state index in [9.17, 15) is 4.79 Å². The van der Waals surface area contributed by atoms with E-state index in [4.69, 9.17) is 16.0 Å². The summed E-state index contributed by atoms with van der Waals surface area (Å²) >= 11 is 0. The molecule has 5 nitrogen and oxygen atoms in total. The number of hydrogen-bond donors (Lipinski definition) is 0. The molecule has 2 aliphatic rings.